The maximum Gasteiger partial charge on any atom is 0.338 e. The maximum absolute atomic E-state index is 14.1. The summed E-state index contributed by atoms with van der Waals surface area (Å²) in [6.45, 7) is 7.96. The highest BCUT2D eigenvalue weighted by Crippen LogP contribution is 2.38. The third kappa shape index (κ3) is 6.05. The Morgan fingerprint density at radius 1 is 1.23 bits per heavy atom. The molecular formula is C29H28BrClN2O5S. The highest BCUT2D eigenvalue weighted by atomic mass is 79.9. The summed E-state index contributed by atoms with van der Waals surface area (Å²) in [6.07, 6.45) is 4.71. The summed E-state index contributed by atoms with van der Waals surface area (Å²) in [6, 6.07) is 9.87. The average Bonchev–Trinajstić information content (AvgIpc) is 3.22. The number of hydrogen-bond acceptors (Lipinski definition) is 7. The Balaban J connectivity index is 2.04. The minimum Gasteiger partial charge on any atom is -0.496 e. The largest absolute Gasteiger partial charge is 0.496 e. The highest BCUT2D eigenvalue weighted by molar-refractivity contribution is 9.10. The van der Waals surface area contributed by atoms with E-state index in [4.69, 9.17) is 30.8 Å². The highest BCUT2D eigenvalue weighted by Gasteiger charge is 2.36. The Morgan fingerprint density at radius 3 is 2.69 bits per heavy atom. The summed E-state index contributed by atoms with van der Waals surface area (Å²) in [7, 11) is 1.54. The van der Waals surface area contributed by atoms with Gasteiger partial charge in [0.15, 0.2) is 4.80 Å². The van der Waals surface area contributed by atoms with Crippen molar-refractivity contribution in [3.05, 3.63) is 101 Å². The van der Waals surface area contributed by atoms with E-state index >= 15 is 0 Å². The fraction of sp³-hybridized carbons (Fsp3) is 0.276. The van der Waals surface area contributed by atoms with Gasteiger partial charge in [-0.1, -0.05) is 64.9 Å². The minimum absolute atomic E-state index is 0.182. The molecule has 1 aromatic heterocycles. The van der Waals surface area contributed by atoms with Gasteiger partial charge in [-0.25, -0.2) is 9.79 Å². The topological polar surface area (TPSA) is 79.1 Å². The lowest BCUT2D eigenvalue weighted by molar-refractivity contribution is -0.139. The molecule has 0 spiro atoms. The molecule has 0 saturated carbocycles. The molecule has 204 valence electrons. The van der Waals surface area contributed by atoms with Gasteiger partial charge < -0.3 is 14.2 Å². The molecule has 7 nitrogen and oxygen atoms in total. The van der Waals surface area contributed by atoms with Gasteiger partial charge in [0.05, 0.1) is 29.5 Å². The Bertz CT molecular complexity index is 1630. The quantitative estimate of drug-likeness (QED) is 0.216. The molecule has 0 N–H and O–H groups in total. The van der Waals surface area contributed by atoms with E-state index in [1.54, 1.807) is 37.3 Å². The number of methoxy groups -OCH3 is 1. The summed E-state index contributed by atoms with van der Waals surface area (Å²) in [4.78, 5) is 32.7. The van der Waals surface area contributed by atoms with Crippen molar-refractivity contribution in [3.8, 4) is 11.5 Å². The zero-order valence-corrected chi connectivity index (χ0v) is 25.0. The standard InChI is InChI=1S/C29H28BrClN2O5S/c1-5-8-21-25(28(35)37-7-3)26(20-16-19(31)10-12-23(20)36-4)33-27(34)24(39-29(33)32-21)15-17-14-18(30)9-11-22(17)38-13-6-2/h6,9-12,14-16,26H,2,5,7-8,13H2,1,3-4H3/b24-15+/t26-/m1/s1. The molecule has 1 aliphatic rings. The summed E-state index contributed by atoms with van der Waals surface area (Å²) in [5.74, 6) is 0.569. The van der Waals surface area contributed by atoms with E-state index < -0.39 is 12.0 Å². The first-order valence-corrected chi connectivity index (χ1v) is 14.4. The van der Waals surface area contributed by atoms with Crippen LogP contribution in [0.2, 0.25) is 5.02 Å². The smallest absolute Gasteiger partial charge is 0.338 e. The van der Waals surface area contributed by atoms with Crippen LogP contribution in [0.25, 0.3) is 6.08 Å². The van der Waals surface area contributed by atoms with E-state index in [1.807, 2.05) is 25.1 Å². The van der Waals surface area contributed by atoms with Crippen molar-refractivity contribution in [1.82, 2.24) is 4.57 Å². The number of aromatic nitrogens is 1. The molecule has 0 bridgehead atoms. The SMILES string of the molecule is C=CCOc1ccc(Br)cc1/C=c1/sc2n(c1=O)[C@H](c1cc(Cl)ccc1OC)C(C(=O)OCC)=C(CCC)N=2. The van der Waals surface area contributed by atoms with Crippen LogP contribution in [0.15, 0.2) is 74.6 Å². The molecule has 0 fully saturated rings. The number of hydrogen-bond donors (Lipinski definition) is 0. The average molecular weight is 632 g/mol. The summed E-state index contributed by atoms with van der Waals surface area (Å²) in [5.41, 5.74) is 1.86. The third-order valence-corrected chi connectivity index (χ3v) is 7.70. The van der Waals surface area contributed by atoms with Gasteiger partial charge in [-0.05, 0) is 55.8 Å². The molecular weight excluding hydrogens is 604 g/mol. The number of allylic oxidation sites excluding steroid dienone is 1. The second-order valence-electron chi connectivity index (χ2n) is 8.58. The number of esters is 1. The number of thiazole rings is 1. The second-order valence-corrected chi connectivity index (χ2v) is 10.9. The molecule has 0 saturated heterocycles. The summed E-state index contributed by atoms with van der Waals surface area (Å²) in [5, 5.41) is 0.448. The lowest BCUT2D eigenvalue weighted by Gasteiger charge is -2.27. The zero-order valence-electron chi connectivity index (χ0n) is 21.8. The Hall–Kier alpha value is -3.14. The van der Waals surface area contributed by atoms with E-state index in [-0.39, 0.29) is 12.2 Å². The molecule has 2 heterocycles. The summed E-state index contributed by atoms with van der Waals surface area (Å²) >= 11 is 11.2. The number of halogens is 2. The normalized spacial score (nSPS) is 15.0. The van der Waals surface area contributed by atoms with E-state index in [0.29, 0.717) is 61.3 Å². The van der Waals surface area contributed by atoms with Gasteiger partial charge >= 0.3 is 5.97 Å². The molecule has 0 amide bonds. The van der Waals surface area contributed by atoms with Crippen LogP contribution in [0.5, 0.6) is 11.5 Å². The Labute approximate surface area is 243 Å². The van der Waals surface area contributed by atoms with Crippen molar-refractivity contribution in [3.63, 3.8) is 0 Å². The first kappa shape index (κ1) is 28.9. The van der Waals surface area contributed by atoms with Crippen LogP contribution in [0.3, 0.4) is 0 Å². The fourth-order valence-electron chi connectivity index (χ4n) is 4.39. The van der Waals surface area contributed by atoms with Gasteiger partial charge in [-0.3, -0.25) is 9.36 Å². The maximum atomic E-state index is 14.1. The summed E-state index contributed by atoms with van der Waals surface area (Å²) < 4.78 is 19.7. The van der Waals surface area contributed by atoms with E-state index in [9.17, 15) is 9.59 Å². The lowest BCUT2D eigenvalue weighted by Crippen LogP contribution is -2.40. The number of nitrogens with zero attached hydrogens (tertiary/aromatic N) is 2. The van der Waals surface area contributed by atoms with Crippen LogP contribution in [0.4, 0.5) is 0 Å². The Kier molecular flexibility index (Phi) is 9.48. The molecule has 0 aliphatic carbocycles. The van der Waals surface area contributed by atoms with E-state index in [1.165, 1.54) is 23.0 Å². The second kappa shape index (κ2) is 12.8. The molecule has 4 rings (SSSR count). The molecule has 3 aromatic rings. The van der Waals surface area contributed by atoms with Crippen molar-refractivity contribution in [2.75, 3.05) is 20.3 Å². The van der Waals surface area contributed by atoms with Crippen molar-refractivity contribution >= 4 is 50.9 Å². The van der Waals surface area contributed by atoms with Crippen LogP contribution < -0.4 is 24.4 Å². The van der Waals surface area contributed by atoms with Crippen LogP contribution in [-0.2, 0) is 9.53 Å². The van der Waals surface area contributed by atoms with Gasteiger partial charge in [0.25, 0.3) is 5.56 Å². The first-order valence-electron chi connectivity index (χ1n) is 12.4. The lowest BCUT2D eigenvalue weighted by atomic mass is 9.93. The molecule has 1 atom stereocenters. The van der Waals surface area contributed by atoms with Gasteiger partial charge in [0.1, 0.15) is 24.1 Å². The van der Waals surface area contributed by atoms with Crippen molar-refractivity contribution < 1.29 is 19.0 Å². The van der Waals surface area contributed by atoms with Crippen LogP contribution in [0.1, 0.15) is 43.9 Å². The zero-order chi connectivity index (χ0) is 28.1. The monoisotopic (exact) mass is 630 g/mol. The van der Waals surface area contributed by atoms with Crippen molar-refractivity contribution in [2.45, 2.75) is 32.7 Å². The van der Waals surface area contributed by atoms with E-state index in [0.717, 1.165) is 10.9 Å². The van der Waals surface area contributed by atoms with Gasteiger partial charge in [0.2, 0.25) is 0 Å². The first-order chi connectivity index (χ1) is 18.8. The molecule has 0 radical (unpaired) electrons. The van der Waals surface area contributed by atoms with Crippen LogP contribution >= 0.6 is 38.9 Å². The number of rotatable bonds is 10. The predicted octanol–water partition coefficient (Wildman–Crippen LogP) is 5.57. The van der Waals surface area contributed by atoms with Crippen LogP contribution in [-0.4, -0.2) is 30.9 Å². The molecule has 10 heteroatoms. The molecule has 0 unspecified atom stereocenters. The molecule has 2 aromatic carbocycles. The fourth-order valence-corrected chi connectivity index (χ4v) is 5.96. The molecule has 1 aliphatic heterocycles. The van der Waals surface area contributed by atoms with Crippen molar-refractivity contribution in [2.24, 2.45) is 4.99 Å². The minimum atomic E-state index is -0.836. The number of carbonyl (C=O) groups excluding carboxylic acids is 1. The van der Waals surface area contributed by atoms with Crippen molar-refractivity contribution in [1.29, 1.82) is 0 Å². The molecule has 39 heavy (non-hydrogen) atoms. The van der Waals surface area contributed by atoms with Gasteiger partial charge in [-0.2, -0.15) is 0 Å². The van der Waals surface area contributed by atoms with Gasteiger partial charge in [-0.15, -0.1) is 0 Å². The predicted molar refractivity (Wildman–Crippen MR) is 157 cm³/mol. The number of carbonyl (C=O) groups is 1. The van der Waals surface area contributed by atoms with Gasteiger partial charge in [0, 0.05) is 20.6 Å². The number of ether oxygens (including phenoxy) is 3. The van der Waals surface area contributed by atoms with Crippen LogP contribution in [0, 0.1) is 0 Å². The third-order valence-electron chi connectivity index (χ3n) is 5.99. The van der Waals surface area contributed by atoms with E-state index in [2.05, 4.69) is 22.5 Å². The Morgan fingerprint density at radius 2 is 2.00 bits per heavy atom. The number of fused-ring (bicyclic) bond motifs is 1. The number of benzene rings is 2.